The van der Waals surface area contributed by atoms with E-state index in [0.29, 0.717) is 11.7 Å². The van der Waals surface area contributed by atoms with Crippen molar-refractivity contribution in [2.75, 3.05) is 11.4 Å². The van der Waals surface area contributed by atoms with Gasteiger partial charge in [-0.15, -0.1) is 0 Å². The predicted octanol–water partition coefficient (Wildman–Crippen LogP) is 2.76. The average Bonchev–Trinajstić information content (AvgIpc) is 3.18. The van der Waals surface area contributed by atoms with Crippen LogP contribution in [0.15, 0.2) is 4.52 Å². The van der Waals surface area contributed by atoms with Crippen LogP contribution in [0.5, 0.6) is 0 Å². The van der Waals surface area contributed by atoms with E-state index in [0.717, 1.165) is 40.6 Å². The maximum atomic E-state index is 5.42. The van der Waals surface area contributed by atoms with Gasteiger partial charge in [-0.3, -0.25) is 0 Å². The first-order chi connectivity index (χ1) is 10.6. The van der Waals surface area contributed by atoms with Gasteiger partial charge in [-0.25, -0.2) is 9.67 Å². The molecule has 116 valence electrons. The zero-order chi connectivity index (χ0) is 15.3. The summed E-state index contributed by atoms with van der Waals surface area (Å²) in [6, 6.07) is 0.128. The van der Waals surface area contributed by atoms with E-state index in [4.69, 9.17) is 9.51 Å². The summed E-state index contributed by atoms with van der Waals surface area (Å²) >= 11 is 1.70. The Bertz CT molecular complexity index is 784. The molecule has 0 bridgehead atoms. The van der Waals surface area contributed by atoms with Gasteiger partial charge in [0.05, 0.1) is 10.4 Å². The summed E-state index contributed by atoms with van der Waals surface area (Å²) in [6.07, 6.45) is 3.36. The Labute approximate surface area is 131 Å². The summed E-state index contributed by atoms with van der Waals surface area (Å²) in [5, 5.41) is 9.38. The van der Waals surface area contributed by atoms with E-state index in [1.54, 1.807) is 11.3 Å². The second kappa shape index (κ2) is 5.05. The molecule has 7 nitrogen and oxygen atoms in total. The molecule has 0 aromatic carbocycles. The number of piperidine rings is 1. The summed E-state index contributed by atoms with van der Waals surface area (Å²) in [5.41, 5.74) is 1.98. The van der Waals surface area contributed by atoms with Crippen LogP contribution < -0.4 is 4.90 Å². The third kappa shape index (κ3) is 2.09. The molecule has 1 aliphatic rings. The lowest BCUT2D eigenvalue weighted by molar-refractivity contribution is 0.321. The van der Waals surface area contributed by atoms with Crippen LogP contribution in [0, 0.1) is 13.8 Å². The van der Waals surface area contributed by atoms with Crippen LogP contribution in [0.4, 0.5) is 5.13 Å². The lowest BCUT2D eigenvalue weighted by atomic mass is 10.0. The predicted molar refractivity (Wildman–Crippen MR) is 84.1 cm³/mol. The summed E-state index contributed by atoms with van der Waals surface area (Å²) in [4.78, 5) is 11.5. The highest BCUT2D eigenvalue weighted by atomic mass is 32.1. The number of fused-ring (bicyclic) bond motifs is 1. The highest BCUT2D eigenvalue weighted by Gasteiger charge is 2.31. The van der Waals surface area contributed by atoms with Crippen LogP contribution in [0.25, 0.3) is 10.3 Å². The number of thiazole rings is 1. The molecular formula is C14H18N6OS. The molecule has 0 spiro atoms. The summed E-state index contributed by atoms with van der Waals surface area (Å²) in [7, 11) is 1.94. The first kappa shape index (κ1) is 13.7. The molecule has 3 aromatic rings. The highest BCUT2D eigenvalue weighted by molar-refractivity contribution is 7.22. The van der Waals surface area contributed by atoms with E-state index < -0.39 is 0 Å². The minimum atomic E-state index is 0.128. The molecule has 0 aliphatic carbocycles. The maximum Gasteiger partial charge on any atom is 0.249 e. The Kier molecular flexibility index (Phi) is 3.14. The van der Waals surface area contributed by atoms with Crippen molar-refractivity contribution in [3.63, 3.8) is 0 Å². The lowest BCUT2D eigenvalue weighted by Gasteiger charge is -2.32. The molecule has 1 fully saturated rings. The zero-order valence-corrected chi connectivity index (χ0v) is 13.7. The molecule has 0 radical (unpaired) electrons. The van der Waals surface area contributed by atoms with E-state index in [2.05, 4.69) is 20.1 Å². The minimum Gasteiger partial charge on any atom is -0.337 e. The van der Waals surface area contributed by atoms with Crippen molar-refractivity contribution in [1.29, 1.82) is 0 Å². The largest absolute Gasteiger partial charge is 0.337 e. The van der Waals surface area contributed by atoms with Gasteiger partial charge in [-0.05, 0) is 33.1 Å². The third-order valence-electron chi connectivity index (χ3n) is 4.11. The highest BCUT2D eigenvalue weighted by Crippen LogP contribution is 2.38. The van der Waals surface area contributed by atoms with Crippen LogP contribution >= 0.6 is 11.3 Å². The number of aromatic nitrogens is 5. The van der Waals surface area contributed by atoms with E-state index in [9.17, 15) is 0 Å². The van der Waals surface area contributed by atoms with Gasteiger partial charge >= 0.3 is 0 Å². The molecule has 4 heterocycles. The Morgan fingerprint density at radius 1 is 1.23 bits per heavy atom. The van der Waals surface area contributed by atoms with Crippen LogP contribution in [0.1, 0.15) is 42.7 Å². The SMILES string of the molecule is Cc1noc([C@@H]2CCCCN2c2nc3c(s2)c(C)nn3C)n1. The van der Waals surface area contributed by atoms with E-state index in [-0.39, 0.29) is 6.04 Å². The average molecular weight is 318 g/mol. The third-order valence-corrected chi connectivity index (χ3v) is 5.30. The molecule has 0 unspecified atom stereocenters. The number of rotatable bonds is 2. The number of aryl methyl sites for hydroxylation is 3. The fraction of sp³-hybridized carbons (Fsp3) is 0.571. The van der Waals surface area contributed by atoms with E-state index in [1.165, 1.54) is 6.42 Å². The maximum absolute atomic E-state index is 5.42. The quantitative estimate of drug-likeness (QED) is 0.723. The van der Waals surface area contributed by atoms with Crippen molar-refractivity contribution >= 4 is 26.8 Å². The van der Waals surface area contributed by atoms with Gasteiger partial charge in [-0.2, -0.15) is 10.1 Å². The topological polar surface area (TPSA) is 72.9 Å². The van der Waals surface area contributed by atoms with Crippen LogP contribution in [-0.2, 0) is 7.05 Å². The smallest absolute Gasteiger partial charge is 0.249 e. The van der Waals surface area contributed by atoms with Crippen molar-refractivity contribution in [2.24, 2.45) is 7.05 Å². The first-order valence-electron chi connectivity index (χ1n) is 7.50. The molecule has 1 aliphatic heterocycles. The molecule has 22 heavy (non-hydrogen) atoms. The second-order valence-electron chi connectivity index (χ2n) is 5.74. The fourth-order valence-corrected chi connectivity index (χ4v) is 4.17. The van der Waals surface area contributed by atoms with Gasteiger partial charge in [0.1, 0.15) is 6.04 Å². The Morgan fingerprint density at radius 2 is 2.09 bits per heavy atom. The molecule has 0 saturated carbocycles. The molecule has 1 atom stereocenters. The van der Waals surface area contributed by atoms with Gasteiger partial charge in [0.25, 0.3) is 0 Å². The van der Waals surface area contributed by atoms with Crippen LogP contribution in [0.3, 0.4) is 0 Å². The second-order valence-corrected chi connectivity index (χ2v) is 6.72. The van der Waals surface area contributed by atoms with E-state index in [1.807, 2.05) is 25.6 Å². The number of hydrogen-bond donors (Lipinski definition) is 0. The number of hydrogen-bond acceptors (Lipinski definition) is 7. The monoisotopic (exact) mass is 318 g/mol. The standard InChI is InChI=1S/C14H18N6OS/c1-8-11-12(19(3)17-8)16-14(22-11)20-7-5-4-6-10(20)13-15-9(2)18-21-13/h10H,4-7H2,1-3H3/t10-/m0/s1. The summed E-state index contributed by atoms with van der Waals surface area (Å²) in [5.74, 6) is 1.39. The van der Waals surface area contributed by atoms with Gasteiger partial charge in [-0.1, -0.05) is 16.5 Å². The fourth-order valence-electron chi connectivity index (χ4n) is 3.06. The molecule has 3 aromatic heterocycles. The van der Waals surface area contributed by atoms with Crippen molar-refractivity contribution < 1.29 is 4.52 Å². The van der Waals surface area contributed by atoms with Crippen molar-refractivity contribution in [1.82, 2.24) is 24.9 Å². The van der Waals surface area contributed by atoms with Crippen molar-refractivity contribution in [2.45, 2.75) is 39.2 Å². The summed E-state index contributed by atoms with van der Waals surface area (Å²) < 4.78 is 8.42. The van der Waals surface area contributed by atoms with Gasteiger partial charge in [0, 0.05) is 13.6 Å². The van der Waals surface area contributed by atoms with Gasteiger partial charge in [0.15, 0.2) is 16.6 Å². The molecule has 4 rings (SSSR count). The molecule has 0 amide bonds. The first-order valence-corrected chi connectivity index (χ1v) is 8.32. The van der Waals surface area contributed by atoms with Gasteiger partial charge in [0.2, 0.25) is 5.89 Å². The normalized spacial score (nSPS) is 19.2. The Hall–Kier alpha value is -1.96. The Balaban J connectivity index is 1.75. The van der Waals surface area contributed by atoms with Crippen molar-refractivity contribution in [3.8, 4) is 0 Å². The van der Waals surface area contributed by atoms with Gasteiger partial charge < -0.3 is 9.42 Å². The molecule has 8 heteroatoms. The van der Waals surface area contributed by atoms with Crippen molar-refractivity contribution in [3.05, 3.63) is 17.4 Å². The Morgan fingerprint density at radius 3 is 2.82 bits per heavy atom. The molecular weight excluding hydrogens is 300 g/mol. The van der Waals surface area contributed by atoms with Crippen LogP contribution in [0.2, 0.25) is 0 Å². The molecule has 0 N–H and O–H groups in total. The minimum absolute atomic E-state index is 0.128. The van der Waals surface area contributed by atoms with Crippen LogP contribution in [-0.4, -0.2) is 31.4 Å². The number of anilines is 1. The zero-order valence-electron chi connectivity index (χ0n) is 12.9. The molecule has 1 saturated heterocycles. The lowest BCUT2D eigenvalue weighted by Crippen LogP contribution is -2.33. The van der Waals surface area contributed by atoms with E-state index >= 15 is 0 Å². The summed E-state index contributed by atoms with van der Waals surface area (Å²) in [6.45, 7) is 4.85. The number of nitrogens with zero attached hydrogens (tertiary/aromatic N) is 6.